The molecule has 4 nitrogen and oxygen atoms in total. The van der Waals surface area contributed by atoms with Crippen LogP contribution in [0, 0.1) is 19.7 Å². The van der Waals surface area contributed by atoms with Crippen LogP contribution in [0.3, 0.4) is 0 Å². The summed E-state index contributed by atoms with van der Waals surface area (Å²) in [5.41, 5.74) is 12.0. The van der Waals surface area contributed by atoms with Gasteiger partial charge in [-0.2, -0.15) is 0 Å². The molecule has 1 aliphatic rings. The Kier molecular flexibility index (Phi) is 7.19. The van der Waals surface area contributed by atoms with Gasteiger partial charge in [-0.05, 0) is 85.8 Å². The number of ether oxygens (including phenoxy) is 1. The van der Waals surface area contributed by atoms with Crippen molar-refractivity contribution >= 4 is 5.69 Å². The van der Waals surface area contributed by atoms with Gasteiger partial charge in [0.05, 0.1) is 5.69 Å². The second kappa shape index (κ2) is 10.3. The molecule has 5 heteroatoms. The molecule has 3 aromatic rings. The van der Waals surface area contributed by atoms with Crippen LogP contribution >= 0.6 is 0 Å². The Morgan fingerprint density at radius 2 is 1.61 bits per heavy atom. The maximum absolute atomic E-state index is 13.4. The maximum atomic E-state index is 13.4. The number of aromatic hydroxyl groups is 1. The molecule has 1 radical (unpaired) electrons. The first-order valence-corrected chi connectivity index (χ1v) is 11.7. The van der Waals surface area contributed by atoms with Crippen LogP contribution in [-0.4, -0.2) is 16.0 Å². The van der Waals surface area contributed by atoms with E-state index in [0.29, 0.717) is 30.6 Å². The van der Waals surface area contributed by atoms with Crippen molar-refractivity contribution in [3.05, 3.63) is 82.7 Å². The number of nitrogens with one attached hydrogen (secondary N) is 1. The lowest BCUT2D eigenvalue weighted by atomic mass is 9.93. The van der Waals surface area contributed by atoms with Gasteiger partial charge < -0.3 is 15.6 Å². The molecule has 0 unspecified atom stereocenters. The monoisotopic (exact) mass is 447 g/mol. The Hall–Kier alpha value is -3.05. The van der Waals surface area contributed by atoms with Crippen molar-refractivity contribution in [3.63, 3.8) is 0 Å². The number of hydrogen-bond donors (Lipinski definition) is 1. The third-order valence-corrected chi connectivity index (χ3v) is 6.49. The van der Waals surface area contributed by atoms with Crippen LogP contribution in [0.15, 0.2) is 54.6 Å². The van der Waals surface area contributed by atoms with Gasteiger partial charge in [0.2, 0.25) is 0 Å². The minimum atomic E-state index is -0.227. The summed E-state index contributed by atoms with van der Waals surface area (Å²) in [6.07, 6.45) is 5.96. The van der Waals surface area contributed by atoms with Crippen molar-refractivity contribution in [1.82, 2.24) is 10.6 Å². The third kappa shape index (κ3) is 5.85. The molecular formula is C28H32FN2O2. The summed E-state index contributed by atoms with van der Waals surface area (Å²) in [5, 5.41) is 10.6. The summed E-state index contributed by atoms with van der Waals surface area (Å²) in [6.45, 7) is 5.18. The van der Waals surface area contributed by atoms with Gasteiger partial charge in [-0.3, -0.25) is 4.90 Å². The summed E-state index contributed by atoms with van der Waals surface area (Å²) in [4.78, 5) is 2.40. The molecule has 0 bridgehead atoms. The quantitative estimate of drug-likeness (QED) is 0.417. The first kappa shape index (κ1) is 23.1. The highest BCUT2D eigenvalue weighted by Gasteiger charge is 2.23. The Labute approximate surface area is 195 Å². The summed E-state index contributed by atoms with van der Waals surface area (Å²) in [6, 6.07) is 16.1. The van der Waals surface area contributed by atoms with E-state index in [0.717, 1.165) is 40.8 Å². The van der Waals surface area contributed by atoms with E-state index in [1.807, 2.05) is 32.0 Å². The first-order valence-electron chi connectivity index (χ1n) is 11.7. The maximum Gasteiger partial charge on any atom is 0.133 e. The normalized spacial score (nSPS) is 14.5. The van der Waals surface area contributed by atoms with Crippen LogP contribution in [0.4, 0.5) is 10.1 Å². The molecule has 33 heavy (non-hydrogen) atoms. The van der Waals surface area contributed by atoms with E-state index in [4.69, 9.17) is 10.5 Å². The average Bonchev–Trinajstić information content (AvgIpc) is 2.79. The third-order valence-electron chi connectivity index (χ3n) is 6.49. The highest BCUT2D eigenvalue weighted by Crippen LogP contribution is 2.34. The van der Waals surface area contributed by atoms with Gasteiger partial charge >= 0.3 is 0 Å². The topological polar surface area (TPSA) is 56.5 Å². The minimum Gasteiger partial charge on any atom is -0.508 e. The van der Waals surface area contributed by atoms with Gasteiger partial charge in [0, 0.05) is 24.7 Å². The van der Waals surface area contributed by atoms with E-state index >= 15 is 0 Å². The number of aryl methyl sites for hydroxylation is 2. The molecular weight excluding hydrogens is 415 g/mol. The zero-order valence-corrected chi connectivity index (χ0v) is 19.4. The highest BCUT2D eigenvalue weighted by molar-refractivity contribution is 5.52. The molecule has 4 rings (SSSR count). The average molecular weight is 448 g/mol. The van der Waals surface area contributed by atoms with Crippen LogP contribution < -0.4 is 10.5 Å². The molecule has 0 spiro atoms. The van der Waals surface area contributed by atoms with Gasteiger partial charge in [-0.25, -0.2) is 4.39 Å². The molecule has 1 aliphatic carbocycles. The van der Waals surface area contributed by atoms with Crippen LogP contribution in [0.25, 0.3) is 0 Å². The number of hydrogen-bond acceptors (Lipinski definition) is 3. The molecule has 173 valence electrons. The second-order valence-corrected chi connectivity index (χ2v) is 9.16. The fourth-order valence-electron chi connectivity index (χ4n) is 4.78. The number of nitrogens with zero attached hydrogens (tertiary/aromatic N) is 1. The molecule has 0 heterocycles. The van der Waals surface area contributed by atoms with E-state index in [-0.39, 0.29) is 11.6 Å². The van der Waals surface area contributed by atoms with Gasteiger partial charge in [-0.15, -0.1) is 0 Å². The van der Waals surface area contributed by atoms with Crippen LogP contribution in [0.1, 0.15) is 54.4 Å². The molecule has 0 amide bonds. The van der Waals surface area contributed by atoms with Crippen molar-refractivity contribution in [3.8, 4) is 17.2 Å². The van der Waals surface area contributed by atoms with Crippen LogP contribution in [-0.2, 0) is 13.1 Å². The zero-order chi connectivity index (χ0) is 23.4. The smallest absolute Gasteiger partial charge is 0.133 e. The number of phenols is 1. The predicted molar refractivity (Wildman–Crippen MR) is 129 cm³/mol. The Morgan fingerprint density at radius 1 is 0.939 bits per heavy atom. The van der Waals surface area contributed by atoms with Crippen molar-refractivity contribution < 1.29 is 14.2 Å². The van der Waals surface area contributed by atoms with Crippen molar-refractivity contribution in [1.29, 1.82) is 0 Å². The lowest BCUT2D eigenvalue weighted by Crippen LogP contribution is -2.35. The highest BCUT2D eigenvalue weighted by atomic mass is 19.1. The van der Waals surface area contributed by atoms with Crippen LogP contribution in [0.5, 0.6) is 17.2 Å². The molecule has 0 saturated heterocycles. The molecule has 0 aromatic heterocycles. The first-order chi connectivity index (χ1) is 15.9. The van der Waals surface area contributed by atoms with E-state index < -0.39 is 0 Å². The summed E-state index contributed by atoms with van der Waals surface area (Å²) >= 11 is 0. The van der Waals surface area contributed by atoms with E-state index in [2.05, 4.69) is 4.90 Å². The van der Waals surface area contributed by atoms with Gasteiger partial charge in [0.1, 0.15) is 23.1 Å². The second-order valence-electron chi connectivity index (χ2n) is 9.16. The van der Waals surface area contributed by atoms with Crippen molar-refractivity contribution in [2.75, 3.05) is 0 Å². The summed E-state index contributed by atoms with van der Waals surface area (Å²) in [7, 11) is 0. The van der Waals surface area contributed by atoms with Gasteiger partial charge in [-0.1, -0.05) is 31.4 Å². The SMILES string of the molecule is Cc1cc([NH])cc(C)c1Oc1ccc(O)c(CN(Cc2ccc(F)cc2)C2CCCCC2)c1. The minimum absolute atomic E-state index is 0.227. The number of benzene rings is 3. The number of halogens is 1. The molecule has 0 atom stereocenters. The fraction of sp³-hybridized carbons (Fsp3) is 0.357. The number of phenolic OH excluding ortho intramolecular Hbond substituents is 1. The lowest BCUT2D eigenvalue weighted by molar-refractivity contribution is 0.138. The Bertz CT molecular complexity index is 1070. The summed E-state index contributed by atoms with van der Waals surface area (Å²) in [5.74, 6) is 1.43. The lowest BCUT2D eigenvalue weighted by Gasteiger charge is -2.34. The predicted octanol–water partition coefficient (Wildman–Crippen LogP) is 7.19. The number of rotatable bonds is 7. The molecule has 1 saturated carbocycles. The Balaban J connectivity index is 1.58. The summed E-state index contributed by atoms with van der Waals surface area (Å²) < 4.78 is 19.6. The van der Waals surface area contributed by atoms with Crippen LogP contribution in [0.2, 0.25) is 0 Å². The van der Waals surface area contributed by atoms with Crippen molar-refractivity contribution in [2.45, 2.75) is 65.1 Å². The molecule has 3 aromatic carbocycles. The molecule has 1 fully saturated rings. The fourth-order valence-corrected chi connectivity index (χ4v) is 4.78. The molecule has 0 aliphatic heterocycles. The van der Waals surface area contributed by atoms with Crippen molar-refractivity contribution in [2.24, 2.45) is 0 Å². The Morgan fingerprint density at radius 3 is 2.27 bits per heavy atom. The van der Waals surface area contributed by atoms with E-state index in [9.17, 15) is 9.50 Å². The van der Waals surface area contributed by atoms with E-state index in [1.54, 1.807) is 24.3 Å². The standard InChI is InChI=1S/C28H32FN2O2/c1-19-14-24(30)15-20(2)28(19)33-26-12-13-27(32)22(16-26)18-31(25-6-4-3-5-7-25)17-21-8-10-23(29)11-9-21/h8-16,25,30,32H,3-7,17-18H2,1-2H3. The van der Waals surface area contributed by atoms with E-state index in [1.165, 1.54) is 31.4 Å². The molecule has 2 N–H and O–H groups in total. The zero-order valence-electron chi connectivity index (χ0n) is 19.4. The van der Waals surface area contributed by atoms with Gasteiger partial charge in [0.15, 0.2) is 0 Å². The van der Waals surface area contributed by atoms with Gasteiger partial charge in [0.25, 0.3) is 0 Å². The largest absolute Gasteiger partial charge is 0.508 e.